The van der Waals surface area contributed by atoms with Crippen LogP contribution in [0.2, 0.25) is 0 Å². The molecule has 7 heteroatoms. The number of hydrogen-bond donors (Lipinski definition) is 1. The third kappa shape index (κ3) is 4.20. The summed E-state index contributed by atoms with van der Waals surface area (Å²) in [7, 11) is -3.39. The third-order valence-electron chi connectivity index (χ3n) is 2.56. The van der Waals surface area contributed by atoms with Crippen molar-refractivity contribution in [3.8, 4) is 0 Å². The zero-order chi connectivity index (χ0) is 14.8. The number of carboxylic acid groups (broad SMARTS) is 1. The molecule has 0 aliphatic heterocycles. The summed E-state index contributed by atoms with van der Waals surface area (Å²) in [6.07, 6.45) is 1.39. The Bertz CT molecular complexity index is 576. The fourth-order valence-corrected chi connectivity index (χ4v) is 2.14. The summed E-state index contributed by atoms with van der Waals surface area (Å²) in [5.74, 6) is 0. The van der Waals surface area contributed by atoms with Gasteiger partial charge in [-0.25, -0.2) is 18.2 Å². The molecule has 0 unspecified atom stereocenters. The van der Waals surface area contributed by atoms with Crippen LogP contribution in [0.3, 0.4) is 0 Å². The van der Waals surface area contributed by atoms with E-state index < -0.39 is 21.5 Å². The van der Waals surface area contributed by atoms with E-state index >= 15 is 0 Å². The van der Waals surface area contributed by atoms with Crippen molar-refractivity contribution in [3.05, 3.63) is 23.9 Å². The smallest absolute Gasteiger partial charge is 0.408 e. The molecule has 1 N–H and O–H groups in total. The van der Waals surface area contributed by atoms with Gasteiger partial charge in [-0.3, -0.25) is 4.90 Å². The first-order valence-corrected chi connectivity index (χ1v) is 7.56. The van der Waals surface area contributed by atoms with Gasteiger partial charge in [0.05, 0.1) is 0 Å². The van der Waals surface area contributed by atoms with Crippen LogP contribution in [-0.2, 0) is 16.4 Å². The van der Waals surface area contributed by atoms with Gasteiger partial charge in [-0.2, -0.15) is 0 Å². The van der Waals surface area contributed by atoms with Gasteiger partial charge < -0.3 is 5.11 Å². The minimum absolute atomic E-state index is 0.0516. The molecule has 0 aliphatic rings. The Morgan fingerprint density at radius 2 is 2.00 bits per heavy atom. The molecule has 0 spiro atoms. The second-order valence-corrected chi connectivity index (χ2v) is 7.28. The van der Waals surface area contributed by atoms with Gasteiger partial charge in [0.2, 0.25) is 0 Å². The number of amides is 1. The number of pyridine rings is 1. The summed E-state index contributed by atoms with van der Waals surface area (Å²) < 4.78 is 22.8. The number of hydrogen-bond acceptors (Lipinski definition) is 4. The molecule has 0 fully saturated rings. The number of rotatable bonds is 3. The van der Waals surface area contributed by atoms with E-state index in [9.17, 15) is 18.3 Å². The van der Waals surface area contributed by atoms with Crippen molar-refractivity contribution in [2.24, 2.45) is 0 Å². The molecule has 106 valence electrons. The van der Waals surface area contributed by atoms with Crippen LogP contribution in [0.5, 0.6) is 0 Å². The first kappa shape index (κ1) is 15.4. The van der Waals surface area contributed by atoms with Crippen LogP contribution in [-0.4, -0.2) is 41.3 Å². The lowest BCUT2D eigenvalue weighted by atomic mass is 10.1. The summed E-state index contributed by atoms with van der Waals surface area (Å²) >= 11 is 0. The van der Waals surface area contributed by atoms with Crippen molar-refractivity contribution in [2.45, 2.75) is 37.9 Å². The lowest BCUT2D eigenvalue weighted by molar-refractivity contribution is 0.0955. The molecule has 0 radical (unpaired) electrons. The minimum atomic E-state index is -3.39. The molecule has 1 heterocycles. The quantitative estimate of drug-likeness (QED) is 0.914. The van der Waals surface area contributed by atoms with Crippen molar-refractivity contribution in [3.63, 3.8) is 0 Å². The first-order valence-electron chi connectivity index (χ1n) is 5.67. The Morgan fingerprint density at radius 1 is 1.42 bits per heavy atom. The number of sulfone groups is 1. The van der Waals surface area contributed by atoms with Gasteiger partial charge in [-0.15, -0.1) is 0 Å². The van der Waals surface area contributed by atoms with Crippen LogP contribution in [0.25, 0.3) is 0 Å². The normalized spacial score (nSPS) is 12.2. The largest absolute Gasteiger partial charge is 0.465 e. The molecule has 6 nitrogen and oxygen atoms in total. The predicted octanol–water partition coefficient (Wildman–Crippen LogP) is 1.76. The standard InChI is InChI=1S/C12H18N2O4S/c1-12(2,3)14(11(15)16)8-9-5-6-13-10(7-9)19(4,17)18/h5-7H,8H2,1-4H3,(H,15,16). The van der Waals surface area contributed by atoms with Crippen LogP contribution in [0.4, 0.5) is 4.79 Å². The molecule has 1 rings (SSSR count). The molecular weight excluding hydrogens is 268 g/mol. The van der Waals surface area contributed by atoms with Gasteiger partial charge in [0.25, 0.3) is 0 Å². The fourth-order valence-electron chi connectivity index (χ4n) is 1.53. The van der Waals surface area contributed by atoms with Crippen LogP contribution in [0.15, 0.2) is 23.4 Å². The topological polar surface area (TPSA) is 87.6 Å². The van der Waals surface area contributed by atoms with Crippen molar-refractivity contribution in [1.29, 1.82) is 0 Å². The Kier molecular flexibility index (Phi) is 4.19. The third-order valence-corrected chi connectivity index (χ3v) is 3.54. The number of aromatic nitrogens is 1. The van der Waals surface area contributed by atoms with E-state index in [-0.39, 0.29) is 11.6 Å². The van der Waals surface area contributed by atoms with Gasteiger partial charge in [0, 0.05) is 24.5 Å². The monoisotopic (exact) mass is 286 g/mol. The molecule has 1 aromatic heterocycles. The Hall–Kier alpha value is -1.63. The van der Waals surface area contributed by atoms with Crippen molar-refractivity contribution < 1.29 is 18.3 Å². The highest BCUT2D eigenvalue weighted by molar-refractivity contribution is 7.90. The van der Waals surface area contributed by atoms with Gasteiger partial charge in [-0.05, 0) is 38.5 Å². The summed E-state index contributed by atoms with van der Waals surface area (Å²) in [6, 6.07) is 3.01. The lowest BCUT2D eigenvalue weighted by Gasteiger charge is -2.33. The van der Waals surface area contributed by atoms with E-state index in [0.717, 1.165) is 6.26 Å². The zero-order valence-corrected chi connectivity index (χ0v) is 12.2. The molecular formula is C12H18N2O4S. The van der Waals surface area contributed by atoms with Crippen molar-refractivity contribution >= 4 is 15.9 Å². The number of nitrogens with zero attached hydrogens (tertiary/aromatic N) is 2. The highest BCUT2D eigenvalue weighted by Gasteiger charge is 2.26. The van der Waals surface area contributed by atoms with E-state index in [1.165, 1.54) is 17.2 Å². The second kappa shape index (κ2) is 5.16. The van der Waals surface area contributed by atoms with Crippen LogP contribution in [0.1, 0.15) is 26.3 Å². The van der Waals surface area contributed by atoms with E-state index in [4.69, 9.17) is 0 Å². The predicted molar refractivity (Wildman–Crippen MR) is 70.7 cm³/mol. The van der Waals surface area contributed by atoms with E-state index in [1.54, 1.807) is 26.8 Å². The maximum Gasteiger partial charge on any atom is 0.408 e. The number of carbonyl (C=O) groups is 1. The average molecular weight is 286 g/mol. The molecule has 19 heavy (non-hydrogen) atoms. The van der Waals surface area contributed by atoms with Gasteiger partial charge in [-0.1, -0.05) is 0 Å². The lowest BCUT2D eigenvalue weighted by Crippen LogP contribution is -2.44. The average Bonchev–Trinajstić information content (AvgIpc) is 2.23. The Labute approximate surface area is 113 Å². The van der Waals surface area contributed by atoms with E-state index in [1.807, 2.05) is 0 Å². The first-order chi connectivity index (χ1) is 8.51. The minimum Gasteiger partial charge on any atom is -0.465 e. The van der Waals surface area contributed by atoms with Crippen LogP contribution < -0.4 is 0 Å². The van der Waals surface area contributed by atoms with Gasteiger partial charge in [0.1, 0.15) is 0 Å². The SMILES string of the molecule is CC(C)(C)N(Cc1ccnc(S(C)(=O)=O)c1)C(=O)O. The summed E-state index contributed by atoms with van der Waals surface area (Å²) in [4.78, 5) is 16.2. The maximum absolute atomic E-state index is 11.4. The molecule has 1 aromatic rings. The molecule has 0 aromatic carbocycles. The second-order valence-electron chi connectivity index (χ2n) is 5.31. The Morgan fingerprint density at radius 3 is 2.42 bits per heavy atom. The van der Waals surface area contributed by atoms with Crippen LogP contribution in [0, 0.1) is 0 Å². The van der Waals surface area contributed by atoms with Gasteiger partial charge >= 0.3 is 6.09 Å². The highest BCUT2D eigenvalue weighted by Crippen LogP contribution is 2.18. The van der Waals surface area contributed by atoms with Gasteiger partial charge in [0.15, 0.2) is 14.9 Å². The summed E-state index contributed by atoms with van der Waals surface area (Å²) in [5.41, 5.74) is 0.0214. The zero-order valence-electron chi connectivity index (χ0n) is 11.4. The molecule has 0 bridgehead atoms. The molecule has 0 saturated heterocycles. The van der Waals surface area contributed by atoms with E-state index in [2.05, 4.69) is 4.98 Å². The Balaban J connectivity index is 3.09. The molecule has 0 aliphatic carbocycles. The fraction of sp³-hybridized carbons (Fsp3) is 0.500. The maximum atomic E-state index is 11.4. The van der Waals surface area contributed by atoms with Crippen molar-refractivity contribution in [2.75, 3.05) is 6.26 Å². The molecule has 0 saturated carbocycles. The van der Waals surface area contributed by atoms with Crippen LogP contribution >= 0.6 is 0 Å². The summed E-state index contributed by atoms with van der Waals surface area (Å²) in [6.45, 7) is 5.45. The molecule has 0 atom stereocenters. The van der Waals surface area contributed by atoms with E-state index in [0.29, 0.717) is 5.56 Å². The van der Waals surface area contributed by atoms with Crippen molar-refractivity contribution in [1.82, 2.24) is 9.88 Å². The summed E-state index contributed by atoms with van der Waals surface area (Å²) in [5, 5.41) is 9.14. The molecule has 1 amide bonds. The highest BCUT2D eigenvalue weighted by atomic mass is 32.2.